The molecular formula is C13H18FNO. The maximum Gasteiger partial charge on any atom is 0.123 e. The van der Waals surface area contributed by atoms with Gasteiger partial charge in [0.25, 0.3) is 0 Å². The SMILES string of the molecule is CNC1CCC(Oc2ccc(F)cc2C)C1. The van der Waals surface area contributed by atoms with Crippen molar-refractivity contribution in [1.82, 2.24) is 5.32 Å². The molecule has 0 spiro atoms. The van der Waals surface area contributed by atoms with E-state index in [4.69, 9.17) is 4.74 Å². The van der Waals surface area contributed by atoms with Crippen molar-refractivity contribution >= 4 is 0 Å². The van der Waals surface area contributed by atoms with Crippen molar-refractivity contribution in [2.24, 2.45) is 0 Å². The lowest BCUT2D eigenvalue weighted by Gasteiger charge is -2.15. The van der Waals surface area contributed by atoms with Crippen molar-refractivity contribution in [3.05, 3.63) is 29.6 Å². The number of benzene rings is 1. The minimum atomic E-state index is -0.204. The molecular weight excluding hydrogens is 205 g/mol. The molecule has 1 aliphatic carbocycles. The number of aryl methyl sites for hydroxylation is 1. The number of rotatable bonds is 3. The van der Waals surface area contributed by atoms with Gasteiger partial charge in [-0.2, -0.15) is 0 Å². The van der Waals surface area contributed by atoms with Gasteiger partial charge in [-0.05, 0) is 57.0 Å². The monoisotopic (exact) mass is 223 g/mol. The molecule has 1 fully saturated rings. The lowest BCUT2D eigenvalue weighted by molar-refractivity contribution is 0.205. The van der Waals surface area contributed by atoms with Gasteiger partial charge in [0.05, 0.1) is 0 Å². The van der Waals surface area contributed by atoms with Crippen molar-refractivity contribution in [3.8, 4) is 5.75 Å². The molecule has 1 N–H and O–H groups in total. The second kappa shape index (κ2) is 4.83. The molecule has 0 saturated heterocycles. The maximum atomic E-state index is 12.9. The Balaban J connectivity index is 1.99. The zero-order valence-corrected chi connectivity index (χ0v) is 9.79. The summed E-state index contributed by atoms with van der Waals surface area (Å²) in [6, 6.07) is 5.25. The molecule has 16 heavy (non-hydrogen) atoms. The lowest BCUT2D eigenvalue weighted by atomic mass is 10.2. The summed E-state index contributed by atoms with van der Waals surface area (Å²) in [4.78, 5) is 0. The van der Waals surface area contributed by atoms with Gasteiger partial charge in [0.15, 0.2) is 0 Å². The fourth-order valence-electron chi connectivity index (χ4n) is 2.23. The van der Waals surface area contributed by atoms with Crippen molar-refractivity contribution in [1.29, 1.82) is 0 Å². The fourth-order valence-corrected chi connectivity index (χ4v) is 2.23. The van der Waals surface area contributed by atoms with Crippen molar-refractivity contribution in [3.63, 3.8) is 0 Å². The van der Waals surface area contributed by atoms with Gasteiger partial charge < -0.3 is 10.1 Å². The van der Waals surface area contributed by atoms with Crippen molar-refractivity contribution < 1.29 is 9.13 Å². The molecule has 1 aromatic carbocycles. The van der Waals surface area contributed by atoms with Crippen molar-refractivity contribution in [2.75, 3.05) is 7.05 Å². The highest BCUT2D eigenvalue weighted by Crippen LogP contribution is 2.26. The highest BCUT2D eigenvalue weighted by atomic mass is 19.1. The molecule has 2 nitrogen and oxygen atoms in total. The van der Waals surface area contributed by atoms with Gasteiger partial charge in [0.2, 0.25) is 0 Å². The van der Waals surface area contributed by atoms with Crippen LogP contribution in [0.2, 0.25) is 0 Å². The third kappa shape index (κ3) is 2.53. The largest absolute Gasteiger partial charge is 0.490 e. The van der Waals surface area contributed by atoms with Crippen LogP contribution in [0.15, 0.2) is 18.2 Å². The summed E-state index contributed by atoms with van der Waals surface area (Å²) in [5.74, 6) is 0.604. The van der Waals surface area contributed by atoms with Crippen LogP contribution in [0.5, 0.6) is 5.75 Å². The Labute approximate surface area is 95.8 Å². The van der Waals surface area contributed by atoms with E-state index in [0.29, 0.717) is 6.04 Å². The number of hydrogen-bond acceptors (Lipinski definition) is 2. The van der Waals surface area contributed by atoms with Crippen LogP contribution in [0.4, 0.5) is 4.39 Å². The van der Waals surface area contributed by atoms with Crippen LogP contribution >= 0.6 is 0 Å². The summed E-state index contributed by atoms with van der Waals surface area (Å²) < 4.78 is 18.8. The maximum absolute atomic E-state index is 12.9. The van der Waals surface area contributed by atoms with Gasteiger partial charge in [-0.25, -0.2) is 4.39 Å². The minimum absolute atomic E-state index is 0.204. The topological polar surface area (TPSA) is 21.3 Å². The van der Waals surface area contributed by atoms with E-state index in [1.54, 1.807) is 6.07 Å². The number of ether oxygens (including phenoxy) is 1. The summed E-state index contributed by atoms with van der Waals surface area (Å²) in [7, 11) is 1.98. The summed E-state index contributed by atoms with van der Waals surface area (Å²) in [6.45, 7) is 1.88. The van der Waals surface area contributed by atoms with Gasteiger partial charge in [-0.15, -0.1) is 0 Å². The Bertz CT molecular complexity index is 367. The summed E-state index contributed by atoms with van der Waals surface area (Å²) >= 11 is 0. The van der Waals surface area contributed by atoms with Crippen molar-refractivity contribution in [2.45, 2.75) is 38.3 Å². The van der Waals surface area contributed by atoms with E-state index in [-0.39, 0.29) is 11.9 Å². The molecule has 0 heterocycles. The molecule has 3 heteroatoms. The molecule has 0 aliphatic heterocycles. The van der Waals surface area contributed by atoms with E-state index < -0.39 is 0 Å². The molecule has 2 unspecified atom stereocenters. The van der Waals surface area contributed by atoms with Gasteiger partial charge in [0, 0.05) is 6.04 Å². The normalized spacial score (nSPS) is 24.7. The number of halogens is 1. The molecule has 1 aromatic rings. The smallest absolute Gasteiger partial charge is 0.123 e. The summed E-state index contributed by atoms with van der Waals surface area (Å²) in [6.07, 6.45) is 3.53. The third-order valence-electron chi connectivity index (χ3n) is 3.22. The Kier molecular flexibility index (Phi) is 3.44. The Morgan fingerprint density at radius 1 is 1.38 bits per heavy atom. The second-order valence-electron chi connectivity index (χ2n) is 4.45. The molecule has 0 bridgehead atoms. The zero-order chi connectivity index (χ0) is 11.5. The molecule has 0 amide bonds. The van der Waals surface area contributed by atoms with E-state index in [0.717, 1.165) is 30.6 Å². The van der Waals surface area contributed by atoms with Gasteiger partial charge in [-0.3, -0.25) is 0 Å². The fraction of sp³-hybridized carbons (Fsp3) is 0.538. The molecule has 88 valence electrons. The van der Waals surface area contributed by atoms with Crippen LogP contribution in [0.25, 0.3) is 0 Å². The first-order valence-corrected chi connectivity index (χ1v) is 5.79. The van der Waals surface area contributed by atoms with E-state index in [2.05, 4.69) is 5.32 Å². The Hall–Kier alpha value is -1.09. The van der Waals surface area contributed by atoms with Crippen LogP contribution in [-0.4, -0.2) is 19.2 Å². The van der Waals surface area contributed by atoms with Crippen LogP contribution in [0.3, 0.4) is 0 Å². The minimum Gasteiger partial charge on any atom is -0.490 e. The Morgan fingerprint density at radius 3 is 2.81 bits per heavy atom. The lowest BCUT2D eigenvalue weighted by Crippen LogP contribution is -2.23. The van der Waals surface area contributed by atoms with E-state index in [1.807, 2.05) is 14.0 Å². The van der Waals surface area contributed by atoms with Gasteiger partial charge >= 0.3 is 0 Å². The molecule has 2 rings (SSSR count). The highest BCUT2D eigenvalue weighted by Gasteiger charge is 2.25. The second-order valence-corrected chi connectivity index (χ2v) is 4.45. The molecule has 0 aromatic heterocycles. The summed E-state index contributed by atoms with van der Waals surface area (Å²) in [5, 5.41) is 3.26. The molecule has 1 aliphatic rings. The first-order valence-electron chi connectivity index (χ1n) is 5.79. The summed E-state index contributed by atoms with van der Waals surface area (Å²) in [5.41, 5.74) is 0.868. The molecule has 0 radical (unpaired) electrons. The van der Waals surface area contributed by atoms with Gasteiger partial charge in [0.1, 0.15) is 17.7 Å². The Morgan fingerprint density at radius 2 is 2.19 bits per heavy atom. The van der Waals surface area contributed by atoms with E-state index >= 15 is 0 Å². The van der Waals surface area contributed by atoms with E-state index in [9.17, 15) is 4.39 Å². The van der Waals surface area contributed by atoms with Crippen LogP contribution in [-0.2, 0) is 0 Å². The quantitative estimate of drug-likeness (QED) is 0.850. The van der Waals surface area contributed by atoms with Gasteiger partial charge in [-0.1, -0.05) is 0 Å². The third-order valence-corrected chi connectivity index (χ3v) is 3.22. The average Bonchev–Trinajstić information content (AvgIpc) is 2.70. The van der Waals surface area contributed by atoms with Crippen LogP contribution in [0.1, 0.15) is 24.8 Å². The highest BCUT2D eigenvalue weighted by molar-refractivity contribution is 5.32. The zero-order valence-electron chi connectivity index (χ0n) is 9.79. The number of nitrogens with one attached hydrogen (secondary N) is 1. The average molecular weight is 223 g/mol. The molecule has 2 atom stereocenters. The van der Waals surface area contributed by atoms with E-state index in [1.165, 1.54) is 12.1 Å². The predicted molar refractivity (Wildman–Crippen MR) is 62.3 cm³/mol. The first kappa shape index (κ1) is 11.4. The van der Waals surface area contributed by atoms with Crippen LogP contribution in [0, 0.1) is 12.7 Å². The van der Waals surface area contributed by atoms with Crippen LogP contribution < -0.4 is 10.1 Å². The predicted octanol–water partition coefficient (Wildman–Crippen LogP) is 2.65. The number of hydrogen-bond donors (Lipinski definition) is 1. The molecule has 1 saturated carbocycles. The standard InChI is InChI=1S/C13H18FNO/c1-9-7-10(14)3-6-13(9)16-12-5-4-11(8-12)15-2/h3,6-7,11-12,15H,4-5,8H2,1-2H3. The first-order chi connectivity index (χ1) is 7.69.